The molecule has 0 aliphatic rings. The Kier molecular flexibility index (Phi) is 5.76. The number of ether oxygens (including phenoxy) is 1. The largest absolute Gasteiger partial charge is 0.497 e. The van der Waals surface area contributed by atoms with Gasteiger partial charge in [0.05, 0.1) is 24.2 Å². The minimum atomic E-state index is -0.751. The first-order valence-corrected chi connectivity index (χ1v) is 10.1. The fourth-order valence-electron chi connectivity index (χ4n) is 3.52. The molecule has 32 heavy (non-hydrogen) atoms. The van der Waals surface area contributed by atoms with E-state index in [1.54, 1.807) is 24.3 Å². The molecule has 0 atom stereocenters. The van der Waals surface area contributed by atoms with Crippen molar-refractivity contribution in [2.75, 3.05) is 12.5 Å². The maximum Gasteiger partial charge on any atom is 0.335 e. The van der Waals surface area contributed by atoms with Crippen LogP contribution in [0.5, 0.6) is 11.6 Å². The fraction of sp³-hybridized carbons (Fsp3) is 0.125. The van der Waals surface area contributed by atoms with Crippen LogP contribution in [0, 0.1) is 0 Å². The highest BCUT2D eigenvalue weighted by Crippen LogP contribution is 2.24. The van der Waals surface area contributed by atoms with Crippen molar-refractivity contribution < 1.29 is 9.84 Å². The standard InChI is InChI=1S/C24H22N4O4/c1-3-19(26-27-20-10-6-8-15-7-4-5-9-18(15)20)21-22(29)25-24(31)28(23(21)30)16-11-13-17(32-2)14-12-16/h4-14,27,30H,3H2,1-2H3,(H,25,29,31). The quantitative estimate of drug-likeness (QED) is 0.320. The number of aromatic amines is 1. The van der Waals surface area contributed by atoms with Crippen molar-refractivity contribution in [2.24, 2.45) is 5.10 Å². The summed E-state index contributed by atoms with van der Waals surface area (Å²) in [5, 5.41) is 17.3. The monoisotopic (exact) mass is 430 g/mol. The lowest BCUT2D eigenvalue weighted by Gasteiger charge is -2.13. The van der Waals surface area contributed by atoms with Crippen LogP contribution < -0.4 is 21.4 Å². The molecular weight excluding hydrogens is 408 g/mol. The zero-order valence-electron chi connectivity index (χ0n) is 17.6. The van der Waals surface area contributed by atoms with Crippen LogP contribution in [-0.4, -0.2) is 27.5 Å². The predicted octanol–water partition coefficient (Wildman–Crippen LogP) is 3.62. The molecule has 0 aliphatic heterocycles. The van der Waals surface area contributed by atoms with E-state index >= 15 is 0 Å². The molecule has 0 unspecified atom stereocenters. The molecule has 0 spiro atoms. The highest BCUT2D eigenvalue weighted by Gasteiger charge is 2.19. The molecule has 3 aromatic carbocycles. The van der Waals surface area contributed by atoms with Gasteiger partial charge < -0.3 is 9.84 Å². The zero-order valence-corrected chi connectivity index (χ0v) is 17.6. The highest BCUT2D eigenvalue weighted by atomic mass is 16.5. The first-order chi connectivity index (χ1) is 15.5. The van der Waals surface area contributed by atoms with E-state index in [9.17, 15) is 14.7 Å². The molecule has 0 fully saturated rings. The summed E-state index contributed by atoms with van der Waals surface area (Å²) < 4.78 is 6.16. The van der Waals surface area contributed by atoms with E-state index in [-0.39, 0.29) is 5.56 Å². The molecule has 3 N–H and O–H groups in total. The Hall–Kier alpha value is -4.33. The number of anilines is 1. The van der Waals surface area contributed by atoms with Gasteiger partial charge in [-0.3, -0.25) is 15.2 Å². The van der Waals surface area contributed by atoms with Crippen LogP contribution in [0.3, 0.4) is 0 Å². The van der Waals surface area contributed by atoms with Gasteiger partial charge in [-0.15, -0.1) is 0 Å². The van der Waals surface area contributed by atoms with Crippen molar-refractivity contribution in [3.63, 3.8) is 0 Å². The van der Waals surface area contributed by atoms with Gasteiger partial charge in [0.2, 0.25) is 5.88 Å². The van der Waals surface area contributed by atoms with Crippen molar-refractivity contribution >= 4 is 22.2 Å². The highest BCUT2D eigenvalue weighted by molar-refractivity contribution is 6.03. The molecule has 0 saturated heterocycles. The minimum absolute atomic E-state index is 0.0735. The van der Waals surface area contributed by atoms with Gasteiger partial charge in [-0.05, 0) is 42.1 Å². The maximum absolute atomic E-state index is 12.6. The lowest BCUT2D eigenvalue weighted by molar-refractivity contribution is 0.414. The summed E-state index contributed by atoms with van der Waals surface area (Å²) in [6.07, 6.45) is 0.342. The smallest absolute Gasteiger partial charge is 0.335 e. The van der Waals surface area contributed by atoms with E-state index < -0.39 is 17.1 Å². The van der Waals surface area contributed by atoms with Crippen LogP contribution in [0.25, 0.3) is 16.5 Å². The summed E-state index contributed by atoms with van der Waals surface area (Å²) in [6.45, 7) is 1.81. The molecule has 4 aromatic rings. The Labute approximate surface area is 183 Å². The summed E-state index contributed by atoms with van der Waals surface area (Å²) in [5.74, 6) is 0.116. The van der Waals surface area contributed by atoms with Crippen LogP contribution in [0.1, 0.15) is 18.9 Å². The number of hydrogen-bond acceptors (Lipinski definition) is 6. The van der Waals surface area contributed by atoms with Gasteiger partial charge in [-0.1, -0.05) is 43.3 Å². The van der Waals surface area contributed by atoms with Gasteiger partial charge in [0.25, 0.3) is 5.56 Å². The molecule has 0 aliphatic carbocycles. The van der Waals surface area contributed by atoms with E-state index in [0.717, 1.165) is 21.0 Å². The molecule has 4 rings (SSSR count). The number of H-pyrrole nitrogens is 1. The topological polar surface area (TPSA) is 109 Å². The average molecular weight is 430 g/mol. The molecule has 1 aromatic heterocycles. The Balaban J connectivity index is 1.80. The van der Waals surface area contributed by atoms with Gasteiger partial charge >= 0.3 is 5.69 Å². The van der Waals surface area contributed by atoms with Crippen LogP contribution in [0.15, 0.2) is 81.4 Å². The van der Waals surface area contributed by atoms with E-state index in [2.05, 4.69) is 15.5 Å². The van der Waals surface area contributed by atoms with Gasteiger partial charge in [0, 0.05) is 5.39 Å². The van der Waals surface area contributed by atoms with Crippen molar-refractivity contribution in [3.8, 4) is 17.3 Å². The fourth-order valence-corrected chi connectivity index (χ4v) is 3.52. The van der Waals surface area contributed by atoms with Gasteiger partial charge in [-0.25, -0.2) is 9.36 Å². The Morgan fingerprint density at radius 2 is 1.78 bits per heavy atom. The predicted molar refractivity (Wildman–Crippen MR) is 125 cm³/mol. The van der Waals surface area contributed by atoms with E-state index in [0.29, 0.717) is 23.6 Å². The van der Waals surface area contributed by atoms with E-state index in [4.69, 9.17) is 4.74 Å². The molecule has 0 bridgehead atoms. The van der Waals surface area contributed by atoms with Gasteiger partial charge in [-0.2, -0.15) is 5.10 Å². The number of fused-ring (bicyclic) bond motifs is 1. The van der Waals surface area contributed by atoms with Crippen molar-refractivity contribution in [1.82, 2.24) is 9.55 Å². The number of aromatic hydroxyl groups is 1. The van der Waals surface area contributed by atoms with E-state index in [1.807, 2.05) is 49.4 Å². The molecule has 1 heterocycles. The number of benzene rings is 3. The molecule has 0 saturated carbocycles. The van der Waals surface area contributed by atoms with Crippen LogP contribution in [-0.2, 0) is 0 Å². The number of hydrazone groups is 1. The first kappa shape index (κ1) is 20.9. The van der Waals surface area contributed by atoms with Gasteiger partial charge in [0.15, 0.2) is 0 Å². The third kappa shape index (κ3) is 3.85. The number of methoxy groups -OCH3 is 1. The van der Waals surface area contributed by atoms with Crippen molar-refractivity contribution in [1.29, 1.82) is 0 Å². The molecule has 8 heteroatoms. The second kappa shape index (κ2) is 8.81. The Morgan fingerprint density at radius 3 is 2.50 bits per heavy atom. The first-order valence-electron chi connectivity index (χ1n) is 10.1. The molecule has 0 radical (unpaired) electrons. The van der Waals surface area contributed by atoms with Crippen LogP contribution >= 0.6 is 0 Å². The average Bonchev–Trinajstić information content (AvgIpc) is 2.81. The molecule has 8 nitrogen and oxygen atoms in total. The summed E-state index contributed by atoms with van der Waals surface area (Å²) in [5.41, 5.74) is 2.91. The summed E-state index contributed by atoms with van der Waals surface area (Å²) in [7, 11) is 1.53. The normalized spacial score (nSPS) is 11.5. The SMILES string of the molecule is CCC(=NNc1cccc2ccccc12)c1c(O)n(-c2ccc(OC)cc2)c(=O)[nH]c1=O. The molecule has 0 amide bonds. The zero-order chi connectivity index (χ0) is 22.7. The summed E-state index contributed by atoms with van der Waals surface area (Å²) in [6, 6.07) is 20.1. The second-order valence-electron chi connectivity index (χ2n) is 7.04. The second-order valence-corrected chi connectivity index (χ2v) is 7.04. The minimum Gasteiger partial charge on any atom is -0.497 e. The number of rotatable bonds is 6. The molecular formula is C24H22N4O4. The third-order valence-corrected chi connectivity index (χ3v) is 5.14. The summed E-state index contributed by atoms with van der Waals surface area (Å²) in [4.78, 5) is 27.3. The van der Waals surface area contributed by atoms with Gasteiger partial charge in [0.1, 0.15) is 11.3 Å². The van der Waals surface area contributed by atoms with Crippen molar-refractivity contribution in [2.45, 2.75) is 13.3 Å². The lowest BCUT2D eigenvalue weighted by atomic mass is 10.1. The third-order valence-electron chi connectivity index (χ3n) is 5.14. The number of nitrogens with one attached hydrogen (secondary N) is 2. The number of hydrogen-bond donors (Lipinski definition) is 3. The summed E-state index contributed by atoms with van der Waals surface area (Å²) >= 11 is 0. The van der Waals surface area contributed by atoms with E-state index in [1.165, 1.54) is 7.11 Å². The molecule has 162 valence electrons. The Bertz CT molecular complexity index is 1410. The van der Waals surface area contributed by atoms with Crippen LogP contribution in [0.2, 0.25) is 0 Å². The number of nitrogens with zero attached hydrogens (tertiary/aromatic N) is 2. The number of aromatic nitrogens is 2. The maximum atomic E-state index is 12.6. The van der Waals surface area contributed by atoms with Crippen LogP contribution in [0.4, 0.5) is 5.69 Å². The lowest BCUT2D eigenvalue weighted by Crippen LogP contribution is -2.33. The van der Waals surface area contributed by atoms with Crippen molar-refractivity contribution in [3.05, 3.63) is 93.1 Å². The Morgan fingerprint density at radius 1 is 1.06 bits per heavy atom.